The average molecular weight is 567 g/mol. The lowest BCUT2D eigenvalue weighted by atomic mass is 10.1. The van der Waals surface area contributed by atoms with E-state index in [1.165, 1.54) is 41.7 Å². The van der Waals surface area contributed by atoms with Gasteiger partial charge in [-0.2, -0.15) is 4.31 Å². The van der Waals surface area contributed by atoms with E-state index in [1.807, 2.05) is 0 Å². The normalized spacial score (nSPS) is 16.6. The number of hydrogen-bond donors (Lipinski definition) is 1. The predicted molar refractivity (Wildman–Crippen MR) is 133 cm³/mol. The summed E-state index contributed by atoms with van der Waals surface area (Å²) in [6.45, 7) is 0.541. The van der Waals surface area contributed by atoms with Crippen molar-refractivity contribution in [2.75, 3.05) is 51.8 Å². The maximum Gasteiger partial charge on any atom is 0.337 e. The van der Waals surface area contributed by atoms with E-state index in [-0.39, 0.29) is 65.7 Å². The first-order valence-corrected chi connectivity index (χ1v) is 14.8. The van der Waals surface area contributed by atoms with Crippen LogP contribution in [0.1, 0.15) is 15.9 Å². The summed E-state index contributed by atoms with van der Waals surface area (Å²) in [4.78, 5) is 11.5. The Kier molecular flexibility index (Phi) is 8.74. The number of rotatable bonds is 9. The first-order chi connectivity index (χ1) is 16.8. The largest absolute Gasteiger partial charge is 0.465 e. The van der Waals surface area contributed by atoms with E-state index in [9.17, 15) is 30.4 Å². The molecule has 0 saturated carbocycles. The highest BCUT2D eigenvalue weighted by Crippen LogP contribution is 2.30. The van der Waals surface area contributed by atoms with E-state index < -0.39 is 37.7 Å². The molecule has 1 heterocycles. The van der Waals surface area contributed by atoms with Crippen LogP contribution in [0.2, 0.25) is 5.02 Å². The second-order valence-corrected chi connectivity index (χ2v) is 12.8. The summed E-state index contributed by atoms with van der Waals surface area (Å²) in [5.74, 6) is -2.46. The van der Waals surface area contributed by atoms with Crippen molar-refractivity contribution >= 4 is 43.3 Å². The van der Waals surface area contributed by atoms with Crippen LogP contribution in [-0.2, 0) is 31.3 Å². The van der Waals surface area contributed by atoms with E-state index in [0.717, 1.165) is 12.3 Å². The van der Waals surface area contributed by atoms with Gasteiger partial charge in [0.15, 0.2) is 0 Å². The molecule has 0 amide bonds. The highest BCUT2D eigenvalue weighted by atomic mass is 35.5. The fourth-order valence-electron chi connectivity index (χ4n) is 4.04. The van der Waals surface area contributed by atoms with Crippen molar-refractivity contribution < 1.29 is 35.1 Å². The fourth-order valence-corrected chi connectivity index (χ4v) is 6.15. The molecule has 198 valence electrons. The lowest BCUT2D eigenvalue weighted by Gasteiger charge is -2.43. The Labute approximate surface area is 214 Å². The minimum Gasteiger partial charge on any atom is -0.465 e. The van der Waals surface area contributed by atoms with Gasteiger partial charge >= 0.3 is 5.97 Å². The van der Waals surface area contributed by atoms with Gasteiger partial charge < -0.3 is 4.74 Å². The van der Waals surface area contributed by atoms with Crippen molar-refractivity contribution in [3.8, 4) is 0 Å². The Morgan fingerprint density at radius 1 is 1.08 bits per heavy atom. The number of hydrogen-bond acceptors (Lipinski definition) is 6. The Balaban J connectivity index is 1.75. The second-order valence-electron chi connectivity index (χ2n) is 8.51. The van der Waals surface area contributed by atoms with Crippen molar-refractivity contribution in [3.63, 3.8) is 0 Å². The molecule has 14 heteroatoms. The highest BCUT2D eigenvalue weighted by molar-refractivity contribution is 7.89. The number of ether oxygens (including phenoxy) is 1. The minimum atomic E-state index is -3.90. The van der Waals surface area contributed by atoms with E-state index in [1.54, 1.807) is 0 Å². The first-order valence-electron chi connectivity index (χ1n) is 10.9. The molecule has 2 aromatic carbocycles. The van der Waals surface area contributed by atoms with Gasteiger partial charge in [-0.1, -0.05) is 17.7 Å². The van der Waals surface area contributed by atoms with Crippen molar-refractivity contribution in [2.24, 2.45) is 0 Å². The molecule has 0 aromatic heterocycles. The van der Waals surface area contributed by atoms with Crippen LogP contribution in [0.5, 0.6) is 0 Å². The SMILES string of the molecule is COC(=O)c1ccc(CNS(=O)(=O)CC[N+]2(c3ccc(F)c(Cl)c3)CCN(S(C)(=O)=O)CC2)c(F)c1. The molecular weight excluding hydrogens is 540 g/mol. The third kappa shape index (κ3) is 6.78. The van der Waals surface area contributed by atoms with Crippen LogP contribution < -0.4 is 9.21 Å². The molecule has 0 unspecified atom stereocenters. The molecule has 2 aromatic rings. The van der Waals surface area contributed by atoms with Gasteiger partial charge in [-0.3, -0.25) is 4.48 Å². The summed E-state index contributed by atoms with van der Waals surface area (Å²) in [5.41, 5.74) is 0.607. The van der Waals surface area contributed by atoms with Gasteiger partial charge in [0.1, 0.15) is 23.1 Å². The highest BCUT2D eigenvalue weighted by Gasteiger charge is 2.39. The van der Waals surface area contributed by atoms with E-state index in [4.69, 9.17) is 11.6 Å². The van der Waals surface area contributed by atoms with Crippen LogP contribution in [0, 0.1) is 11.6 Å². The second kappa shape index (κ2) is 11.1. The third-order valence-corrected chi connectivity index (χ3v) is 9.12. The number of esters is 1. The minimum absolute atomic E-state index is 0.000701. The molecule has 1 aliphatic rings. The summed E-state index contributed by atoms with van der Waals surface area (Å²) < 4.78 is 85.9. The molecule has 0 radical (unpaired) electrons. The van der Waals surface area contributed by atoms with Gasteiger partial charge in [-0.15, -0.1) is 0 Å². The third-order valence-electron chi connectivity index (χ3n) is 6.22. The lowest BCUT2D eigenvalue weighted by molar-refractivity contribution is 0.0600. The van der Waals surface area contributed by atoms with Gasteiger partial charge in [0, 0.05) is 24.2 Å². The number of carbonyl (C=O) groups excluding carboxylic acids is 1. The molecular formula is C22H27ClF2N3O6S2+. The summed E-state index contributed by atoms with van der Waals surface area (Å²) in [6.07, 6.45) is 1.10. The predicted octanol–water partition coefficient (Wildman–Crippen LogP) is 2.11. The summed E-state index contributed by atoms with van der Waals surface area (Å²) in [6, 6.07) is 7.71. The summed E-state index contributed by atoms with van der Waals surface area (Å²) >= 11 is 5.97. The monoisotopic (exact) mass is 566 g/mol. The van der Waals surface area contributed by atoms with Crippen LogP contribution in [0.3, 0.4) is 0 Å². The Bertz CT molecular complexity index is 1350. The molecule has 0 spiro atoms. The van der Waals surface area contributed by atoms with Crippen LogP contribution >= 0.6 is 11.6 Å². The molecule has 0 aliphatic carbocycles. The van der Waals surface area contributed by atoms with Crippen molar-refractivity contribution in [1.29, 1.82) is 0 Å². The van der Waals surface area contributed by atoms with E-state index >= 15 is 0 Å². The Morgan fingerprint density at radius 3 is 2.31 bits per heavy atom. The molecule has 1 N–H and O–H groups in total. The summed E-state index contributed by atoms with van der Waals surface area (Å²) in [7, 11) is -6.16. The molecule has 0 atom stereocenters. The Morgan fingerprint density at radius 2 is 1.75 bits per heavy atom. The van der Waals surface area contributed by atoms with Gasteiger partial charge in [0.2, 0.25) is 20.0 Å². The molecule has 36 heavy (non-hydrogen) atoms. The smallest absolute Gasteiger partial charge is 0.337 e. The number of benzene rings is 2. The van der Waals surface area contributed by atoms with E-state index in [2.05, 4.69) is 9.46 Å². The zero-order chi connectivity index (χ0) is 26.7. The fraction of sp³-hybridized carbons (Fsp3) is 0.409. The van der Waals surface area contributed by atoms with Gasteiger partial charge in [0.25, 0.3) is 0 Å². The number of piperazine rings is 1. The molecule has 0 bridgehead atoms. The first kappa shape index (κ1) is 28.4. The van der Waals surface area contributed by atoms with E-state index in [0.29, 0.717) is 5.69 Å². The topological polar surface area (TPSA) is 110 Å². The van der Waals surface area contributed by atoms with Gasteiger partial charge in [-0.05, 0) is 18.2 Å². The van der Waals surface area contributed by atoms with Crippen molar-refractivity contribution in [2.45, 2.75) is 6.54 Å². The maximum absolute atomic E-state index is 14.3. The number of halogens is 3. The Hall–Kier alpha value is -2.16. The van der Waals surface area contributed by atoms with Crippen LogP contribution in [0.15, 0.2) is 36.4 Å². The zero-order valence-corrected chi connectivity index (χ0v) is 22.1. The molecule has 9 nitrogen and oxygen atoms in total. The van der Waals surface area contributed by atoms with Crippen LogP contribution in [0.4, 0.5) is 14.5 Å². The number of sulfonamides is 2. The van der Waals surface area contributed by atoms with Crippen LogP contribution in [0.25, 0.3) is 0 Å². The average Bonchev–Trinajstić information content (AvgIpc) is 2.83. The quantitative estimate of drug-likeness (QED) is 0.368. The number of methoxy groups -OCH3 is 1. The van der Waals surface area contributed by atoms with Crippen molar-refractivity contribution in [3.05, 3.63) is 64.2 Å². The number of quaternary nitrogens is 1. The number of nitrogens with zero attached hydrogens (tertiary/aromatic N) is 2. The number of nitrogens with one attached hydrogen (secondary N) is 1. The standard InChI is InChI=1S/C22H27ClF2N3O6S2/c1-34-22(29)16-3-4-17(21(25)13-16)15-26-36(32,33)12-11-28(18-5-6-20(24)19(23)14-18)9-7-27(8-10-28)35(2,30)31/h3-6,13-14,26H,7-12,15H2,1-2H3/q+1. The molecule has 1 aliphatic heterocycles. The lowest BCUT2D eigenvalue weighted by Crippen LogP contribution is -2.63. The van der Waals surface area contributed by atoms with Crippen LogP contribution in [-0.4, -0.2) is 79.0 Å². The van der Waals surface area contributed by atoms with Crippen molar-refractivity contribution in [1.82, 2.24) is 13.5 Å². The molecule has 3 rings (SSSR count). The summed E-state index contributed by atoms with van der Waals surface area (Å²) in [5, 5.41) is -0.123. The molecule has 1 fully saturated rings. The zero-order valence-electron chi connectivity index (χ0n) is 19.7. The number of carbonyl (C=O) groups is 1. The van der Waals surface area contributed by atoms with Gasteiger partial charge in [-0.25, -0.2) is 35.1 Å². The maximum atomic E-state index is 14.3. The molecule has 1 saturated heterocycles. The van der Waals surface area contributed by atoms with Gasteiger partial charge in [0.05, 0.1) is 56.7 Å².